The van der Waals surface area contributed by atoms with Crippen LogP contribution in [0.4, 0.5) is 0 Å². The Morgan fingerprint density at radius 3 is 2.80 bits per heavy atom. The Hall–Kier alpha value is 0.490. The van der Waals surface area contributed by atoms with E-state index in [1.165, 1.54) is 28.6 Å². The van der Waals surface area contributed by atoms with E-state index in [1.807, 2.05) is 0 Å². The van der Waals surface area contributed by atoms with Crippen molar-refractivity contribution in [2.45, 2.75) is 30.6 Å². The molecule has 0 spiro atoms. The molecule has 0 amide bonds. The van der Waals surface area contributed by atoms with Crippen LogP contribution < -0.4 is 5.32 Å². The highest BCUT2D eigenvalue weighted by atomic mass is 79.9. The third kappa shape index (κ3) is 2.28. The van der Waals surface area contributed by atoms with Crippen molar-refractivity contribution in [1.29, 1.82) is 0 Å². The van der Waals surface area contributed by atoms with Crippen molar-refractivity contribution in [3.8, 4) is 0 Å². The molecule has 0 aliphatic carbocycles. The fourth-order valence-corrected chi connectivity index (χ4v) is 5.32. The molecule has 1 nitrogen and oxygen atoms in total. The zero-order valence-electron chi connectivity index (χ0n) is 9.05. The van der Waals surface area contributed by atoms with Crippen molar-refractivity contribution >= 4 is 39.0 Å². The molecule has 1 aliphatic heterocycles. The van der Waals surface area contributed by atoms with Gasteiger partial charge in [0.05, 0.1) is 0 Å². The average Bonchev–Trinajstić information content (AvgIpc) is 2.79. The topological polar surface area (TPSA) is 12.0 Å². The van der Waals surface area contributed by atoms with Gasteiger partial charge >= 0.3 is 0 Å². The summed E-state index contributed by atoms with van der Waals surface area (Å²) in [6.45, 7) is 2.38. The largest absolute Gasteiger partial charge is 0.312 e. The van der Waals surface area contributed by atoms with Crippen LogP contribution in [0.3, 0.4) is 0 Å². The fourth-order valence-electron chi connectivity index (χ4n) is 2.32. The molecule has 0 bridgehead atoms. The average molecular weight is 306 g/mol. The summed E-state index contributed by atoms with van der Waals surface area (Å²) in [7, 11) is 2.07. The van der Waals surface area contributed by atoms with Crippen LogP contribution in [0.1, 0.15) is 31.4 Å². The molecule has 1 aromatic heterocycles. The van der Waals surface area contributed by atoms with E-state index in [1.54, 1.807) is 11.3 Å². The Morgan fingerprint density at radius 2 is 2.33 bits per heavy atom. The van der Waals surface area contributed by atoms with Gasteiger partial charge in [0.25, 0.3) is 0 Å². The Bertz CT molecular complexity index is 331. The highest BCUT2D eigenvalue weighted by molar-refractivity contribution is 9.10. The number of rotatable bonds is 3. The number of thioether (sulfide) groups is 1. The van der Waals surface area contributed by atoms with E-state index in [2.05, 4.69) is 57.7 Å². The minimum Gasteiger partial charge on any atom is -0.312 e. The number of halogens is 1. The molecule has 0 saturated carbocycles. The standard InChI is InChI=1S/C11H16BrNS2/c1-11(4-3-5-15-11)10(13-2)8-6-14-7-9(8)12/h6-7,10,13H,3-5H2,1-2H3. The summed E-state index contributed by atoms with van der Waals surface area (Å²) in [5.41, 5.74) is 1.42. The van der Waals surface area contributed by atoms with E-state index in [0.29, 0.717) is 10.8 Å². The summed E-state index contributed by atoms with van der Waals surface area (Å²) >= 11 is 7.52. The molecule has 1 fully saturated rings. The highest BCUT2D eigenvalue weighted by Gasteiger charge is 2.38. The number of thiophene rings is 1. The predicted molar refractivity (Wildman–Crippen MR) is 73.9 cm³/mol. The lowest BCUT2D eigenvalue weighted by Gasteiger charge is -2.33. The zero-order valence-corrected chi connectivity index (χ0v) is 12.3. The Kier molecular flexibility index (Phi) is 3.81. The Balaban J connectivity index is 2.27. The van der Waals surface area contributed by atoms with Gasteiger partial charge in [0.1, 0.15) is 0 Å². The van der Waals surface area contributed by atoms with E-state index in [-0.39, 0.29) is 0 Å². The van der Waals surface area contributed by atoms with Crippen molar-refractivity contribution in [2.75, 3.05) is 12.8 Å². The first-order valence-electron chi connectivity index (χ1n) is 5.20. The number of hydrogen-bond donors (Lipinski definition) is 1. The maximum atomic E-state index is 3.64. The molecule has 1 N–H and O–H groups in total. The second-order valence-electron chi connectivity index (χ2n) is 4.16. The van der Waals surface area contributed by atoms with Crippen LogP contribution in [0.25, 0.3) is 0 Å². The molecule has 1 saturated heterocycles. The summed E-state index contributed by atoms with van der Waals surface area (Å²) in [6, 6.07) is 0.464. The van der Waals surface area contributed by atoms with E-state index in [4.69, 9.17) is 0 Å². The predicted octanol–water partition coefficient (Wildman–Crippen LogP) is 4.06. The molecule has 0 radical (unpaired) electrons. The lowest BCUT2D eigenvalue weighted by Crippen LogP contribution is -2.35. The van der Waals surface area contributed by atoms with E-state index >= 15 is 0 Å². The summed E-state index contributed by atoms with van der Waals surface area (Å²) < 4.78 is 1.61. The first-order valence-corrected chi connectivity index (χ1v) is 7.92. The maximum absolute atomic E-state index is 3.64. The molecule has 4 heteroatoms. The molecule has 2 rings (SSSR count). The molecule has 2 heterocycles. The maximum Gasteiger partial charge on any atom is 0.0483 e. The van der Waals surface area contributed by atoms with Gasteiger partial charge in [-0.3, -0.25) is 0 Å². The Labute approximate surface area is 108 Å². The molecule has 2 atom stereocenters. The van der Waals surface area contributed by atoms with E-state index in [9.17, 15) is 0 Å². The van der Waals surface area contributed by atoms with Crippen LogP contribution in [0.2, 0.25) is 0 Å². The van der Waals surface area contributed by atoms with Crippen molar-refractivity contribution in [3.63, 3.8) is 0 Å². The fraction of sp³-hybridized carbons (Fsp3) is 0.636. The van der Waals surface area contributed by atoms with Crippen molar-refractivity contribution in [2.24, 2.45) is 0 Å². The monoisotopic (exact) mass is 305 g/mol. The van der Waals surface area contributed by atoms with Gasteiger partial charge in [0.2, 0.25) is 0 Å². The Morgan fingerprint density at radius 1 is 1.53 bits per heavy atom. The van der Waals surface area contributed by atoms with Crippen LogP contribution in [-0.2, 0) is 0 Å². The quantitative estimate of drug-likeness (QED) is 0.904. The zero-order chi connectivity index (χ0) is 10.9. The molecule has 1 aliphatic rings. The SMILES string of the molecule is CNC(c1cscc1Br)C1(C)CCCS1. The van der Waals surface area contributed by atoms with E-state index in [0.717, 1.165) is 0 Å². The minimum absolute atomic E-state index is 0.359. The lowest BCUT2D eigenvalue weighted by molar-refractivity contribution is 0.440. The van der Waals surface area contributed by atoms with Gasteiger partial charge in [-0.05, 0) is 59.4 Å². The third-order valence-electron chi connectivity index (χ3n) is 3.10. The summed E-state index contributed by atoms with van der Waals surface area (Å²) in [5.74, 6) is 1.30. The van der Waals surface area contributed by atoms with Gasteiger partial charge in [0, 0.05) is 20.6 Å². The van der Waals surface area contributed by atoms with Crippen LogP contribution in [0.5, 0.6) is 0 Å². The second kappa shape index (κ2) is 4.78. The van der Waals surface area contributed by atoms with Crippen molar-refractivity contribution < 1.29 is 0 Å². The summed E-state index contributed by atoms with van der Waals surface area (Å²) in [5, 5.41) is 7.91. The molecule has 15 heavy (non-hydrogen) atoms. The molecular formula is C11H16BrNS2. The van der Waals surface area contributed by atoms with Crippen LogP contribution in [0, 0.1) is 0 Å². The van der Waals surface area contributed by atoms with Gasteiger partial charge in [0.15, 0.2) is 0 Å². The van der Waals surface area contributed by atoms with Crippen LogP contribution >= 0.6 is 39.0 Å². The summed E-state index contributed by atoms with van der Waals surface area (Å²) in [6.07, 6.45) is 2.66. The second-order valence-corrected chi connectivity index (χ2v) is 7.39. The van der Waals surface area contributed by atoms with Gasteiger partial charge in [-0.2, -0.15) is 23.1 Å². The van der Waals surface area contributed by atoms with Crippen LogP contribution in [-0.4, -0.2) is 17.5 Å². The third-order valence-corrected chi connectivity index (χ3v) is 6.45. The van der Waals surface area contributed by atoms with Gasteiger partial charge in [-0.25, -0.2) is 0 Å². The molecule has 84 valence electrons. The van der Waals surface area contributed by atoms with Crippen molar-refractivity contribution in [3.05, 3.63) is 20.8 Å². The normalized spacial score (nSPS) is 28.2. The summed E-state index contributed by atoms with van der Waals surface area (Å²) in [4.78, 5) is 0. The van der Waals surface area contributed by atoms with Gasteiger partial charge in [-0.15, -0.1) is 0 Å². The molecular weight excluding hydrogens is 290 g/mol. The van der Waals surface area contributed by atoms with Gasteiger partial charge < -0.3 is 5.32 Å². The van der Waals surface area contributed by atoms with Crippen LogP contribution in [0.15, 0.2) is 15.2 Å². The molecule has 0 aromatic carbocycles. The van der Waals surface area contributed by atoms with E-state index < -0.39 is 0 Å². The minimum atomic E-state index is 0.359. The first-order chi connectivity index (χ1) is 7.17. The smallest absolute Gasteiger partial charge is 0.0483 e. The number of hydrogen-bond acceptors (Lipinski definition) is 3. The highest BCUT2D eigenvalue weighted by Crippen LogP contribution is 2.48. The van der Waals surface area contributed by atoms with Crippen molar-refractivity contribution in [1.82, 2.24) is 5.32 Å². The van der Waals surface area contributed by atoms with Gasteiger partial charge in [-0.1, -0.05) is 0 Å². The lowest BCUT2D eigenvalue weighted by atomic mass is 9.92. The molecule has 1 aromatic rings. The molecule has 2 unspecified atom stereocenters. The number of nitrogens with one attached hydrogen (secondary N) is 1. The first kappa shape index (κ1) is 12.0.